The first kappa shape index (κ1) is 18.5. The van der Waals surface area contributed by atoms with E-state index >= 15 is 0 Å². The fraction of sp³-hybridized carbons (Fsp3) is 0.588. The lowest BCUT2D eigenvalue weighted by atomic mass is 9.85. The number of fused-ring (bicyclic) bond motifs is 1. The molecule has 9 heteroatoms. The van der Waals surface area contributed by atoms with E-state index in [0.29, 0.717) is 22.1 Å². The maximum atomic E-state index is 12.5. The summed E-state index contributed by atoms with van der Waals surface area (Å²) in [4.78, 5) is 54.4. The number of nitrogens with one attached hydrogen (secondary N) is 1. The summed E-state index contributed by atoms with van der Waals surface area (Å²) in [5.41, 5.74) is 0.542. The van der Waals surface area contributed by atoms with Gasteiger partial charge in [-0.3, -0.25) is 19.2 Å². The number of ketones is 1. The van der Waals surface area contributed by atoms with Crippen molar-refractivity contribution in [3.8, 4) is 0 Å². The van der Waals surface area contributed by atoms with Crippen molar-refractivity contribution < 1.29 is 23.9 Å². The molecule has 2 amide bonds. The molecule has 0 saturated heterocycles. The number of Topliss-reactive ketones (excluding diaryl/α,β-unsaturated/α-hetero) is 1. The van der Waals surface area contributed by atoms with Crippen LogP contribution in [0.1, 0.15) is 41.0 Å². The van der Waals surface area contributed by atoms with Gasteiger partial charge in [0.1, 0.15) is 6.54 Å². The minimum Gasteiger partial charge on any atom is -0.468 e. The molecule has 0 spiro atoms. The minimum atomic E-state index is -0.554. The zero-order valence-corrected chi connectivity index (χ0v) is 15.6. The van der Waals surface area contributed by atoms with Gasteiger partial charge in [0.15, 0.2) is 10.9 Å². The zero-order valence-electron chi connectivity index (χ0n) is 14.7. The van der Waals surface area contributed by atoms with E-state index in [4.69, 9.17) is 0 Å². The van der Waals surface area contributed by atoms with E-state index in [2.05, 4.69) is 15.0 Å². The molecule has 140 valence electrons. The smallest absolute Gasteiger partial charge is 0.325 e. The highest BCUT2D eigenvalue weighted by molar-refractivity contribution is 7.17. The molecule has 1 heterocycles. The quantitative estimate of drug-likeness (QED) is 0.772. The molecule has 2 aliphatic carbocycles. The topological polar surface area (TPSA) is 106 Å². The van der Waals surface area contributed by atoms with Crippen molar-refractivity contribution >= 4 is 40.0 Å². The largest absolute Gasteiger partial charge is 0.468 e. The van der Waals surface area contributed by atoms with Crippen LogP contribution in [-0.2, 0) is 25.5 Å². The predicted molar refractivity (Wildman–Crippen MR) is 93.9 cm³/mol. The standard InChI is InChI=1S/C17H21N3O5S/c1-20(8-13(22)25-2)16(24)10-6-11-14(12(21)7-10)26-17(18-11)19-15(23)9-4-3-5-9/h9-10H,3-8H2,1-2H3,(H,18,19,23)/t10-/m1/s1. The molecular weight excluding hydrogens is 358 g/mol. The van der Waals surface area contributed by atoms with E-state index in [-0.39, 0.29) is 36.5 Å². The number of esters is 1. The molecule has 0 unspecified atom stereocenters. The maximum Gasteiger partial charge on any atom is 0.325 e. The van der Waals surface area contributed by atoms with Crippen molar-refractivity contribution in [2.24, 2.45) is 11.8 Å². The van der Waals surface area contributed by atoms with Crippen LogP contribution in [-0.4, -0.2) is 54.2 Å². The number of aromatic nitrogens is 1. The molecule has 1 fully saturated rings. The minimum absolute atomic E-state index is 0.0351. The second-order valence-electron chi connectivity index (χ2n) is 6.71. The second-order valence-corrected chi connectivity index (χ2v) is 7.71. The number of likely N-dealkylation sites (N-methyl/N-ethyl adjacent to an activating group) is 1. The van der Waals surface area contributed by atoms with E-state index < -0.39 is 11.9 Å². The summed E-state index contributed by atoms with van der Waals surface area (Å²) in [7, 11) is 2.76. The predicted octanol–water partition coefficient (Wildman–Crippen LogP) is 1.26. The number of carbonyl (C=O) groups is 4. The van der Waals surface area contributed by atoms with Crippen LogP contribution in [0.5, 0.6) is 0 Å². The lowest BCUT2D eigenvalue weighted by molar-refractivity contribution is -0.147. The average molecular weight is 379 g/mol. The van der Waals surface area contributed by atoms with Crippen molar-refractivity contribution in [2.45, 2.75) is 32.1 Å². The Labute approximate surface area is 154 Å². The molecule has 26 heavy (non-hydrogen) atoms. The molecule has 0 aliphatic heterocycles. The van der Waals surface area contributed by atoms with Gasteiger partial charge in [0.2, 0.25) is 11.8 Å². The van der Waals surface area contributed by atoms with Crippen molar-refractivity contribution in [1.82, 2.24) is 9.88 Å². The first-order valence-electron chi connectivity index (χ1n) is 8.54. The number of ether oxygens (including phenoxy) is 1. The molecule has 3 rings (SSSR count). The lowest BCUT2D eigenvalue weighted by Gasteiger charge is -2.24. The number of hydrogen-bond acceptors (Lipinski definition) is 7. The number of nitrogens with zero attached hydrogens (tertiary/aromatic N) is 2. The Kier molecular flexibility index (Phi) is 5.36. The molecule has 1 aromatic rings. The number of rotatable bonds is 5. The molecule has 8 nitrogen and oxygen atoms in total. The van der Waals surface area contributed by atoms with Crippen molar-refractivity contribution in [3.63, 3.8) is 0 Å². The third-order valence-corrected chi connectivity index (χ3v) is 5.90. The zero-order chi connectivity index (χ0) is 18.8. The summed E-state index contributed by atoms with van der Waals surface area (Å²) >= 11 is 1.17. The summed E-state index contributed by atoms with van der Waals surface area (Å²) < 4.78 is 4.56. The van der Waals surface area contributed by atoms with Gasteiger partial charge >= 0.3 is 5.97 Å². The van der Waals surface area contributed by atoms with Crippen LogP contribution in [0.4, 0.5) is 5.13 Å². The van der Waals surface area contributed by atoms with Crippen molar-refractivity contribution in [1.29, 1.82) is 0 Å². The number of hydrogen-bond donors (Lipinski definition) is 1. The van der Waals surface area contributed by atoms with Crippen LogP contribution in [0.25, 0.3) is 0 Å². The van der Waals surface area contributed by atoms with Gasteiger partial charge in [-0.15, -0.1) is 0 Å². The molecule has 1 atom stereocenters. The first-order chi connectivity index (χ1) is 12.4. The molecule has 1 N–H and O–H groups in total. The van der Waals surface area contributed by atoms with Gasteiger partial charge in [-0.25, -0.2) is 4.98 Å². The summed E-state index contributed by atoms with van der Waals surface area (Å²) in [5, 5.41) is 3.20. The Morgan fingerprint density at radius 2 is 2.00 bits per heavy atom. The number of anilines is 1. The Hall–Kier alpha value is -2.29. The van der Waals surface area contributed by atoms with Crippen molar-refractivity contribution in [2.75, 3.05) is 26.0 Å². The molecule has 0 aromatic carbocycles. The first-order valence-corrected chi connectivity index (χ1v) is 9.36. The Balaban J connectivity index is 1.67. The van der Waals surface area contributed by atoms with Gasteiger partial charge < -0.3 is 15.0 Å². The van der Waals surface area contributed by atoms with E-state index in [1.807, 2.05) is 0 Å². The molecule has 0 bridgehead atoms. The van der Waals surface area contributed by atoms with Crippen LogP contribution in [0.15, 0.2) is 0 Å². The fourth-order valence-corrected chi connectivity index (χ4v) is 4.03. The van der Waals surface area contributed by atoms with Crippen molar-refractivity contribution in [3.05, 3.63) is 10.6 Å². The summed E-state index contributed by atoms with van der Waals surface area (Å²) in [6.07, 6.45) is 3.24. The highest BCUT2D eigenvalue weighted by Gasteiger charge is 2.35. The lowest BCUT2D eigenvalue weighted by Crippen LogP contribution is -2.39. The molecule has 0 radical (unpaired) electrons. The third kappa shape index (κ3) is 3.77. The number of methoxy groups -OCH3 is 1. The van der Waals surface area contributed by atoms with Gasteiger partial charge in [-0.2, -0.15) is 0 Å². The molecule has 1 saturated carbocycles. The number of carbonyl (C=O) groups excluding carboxylic acids is 4. The second kappa shape index (κ2) is 7.53. The van der Waals surface area contributed by atoms with E-state index in [0.717, 1.165) is 19.3 Å². The number of amides is 2. The van der Waals surface area contributed by atoms with Crippen LogP contribution >= 0.6 is 11.3 Å². The molecular formula is C17H21N3O5S. The van der Waals surface area contributed by atoms with Gasteiger partial charge in [0.05, 0.1) is 23.6 Å². The van der Waals surface area contributed by atoms with Gasteiger partial charge in [0.25, 0.3) is 0 Å². The van der Waals surface area contributed by atoms with E-state index in [1.54, 1.807) is 0 Å². The monoisotopic (exact) mass is 379 g/mol. The van der Waals surface area contributed by atoms with Gasteiger partial charge in [-0.1, -0.05) is 17.8 Å². The van der Waals surface area contributed by atoms with Crippen LogP contribution in [0, 0.1) is 11.8 Å². The van der Waals surface area contributed by atoms with Crippen LogP contribution in [0.2, 0.25) is 0 Å². The highest BCUT2D eigenvalue weighted by Crippen LogP contribution is 2.34. The maximum absolute atomic E-state index is 12.5. The summed E-state index contributed by atoms with van der Waals surface area (Å²) in [5.74, 6) is -1.53. The Morgan fingerprint density at radius 1 is 1.27 bits per heavy atom. The SMILES string of the molecule is COC(=O)CN(C)C(=O)[C@H]1CC(=O)c2sc(NC(=O)C3CCC3)nc2C1. The van der Waals surface area contributed by atoms with Crippen LogP contribution in [0.3, 0.4) is 0 Å². The third-order valence-electron chi connectivity index (χ3n) is 4.85. The molecule has 2 aliphatic rings. The average Bonchev–Trinajstić information content (AvgIpc) is 2.95. The summed E-state index contributed by atoms with van der Waals surface area (Å²) in [6.45, 7) is -0.160. The van der Waals surface area contributed by atoms with Crippen LogP contribution < -0.4 is 5.32 Å². The normalized spacial score (nSPS) is 19.3. The Morgan fingerprint density at radius 3 is 2.62 bits per heavy atom. The highest BCUT2D eigenvalue weighted by atomic mass is 32.1. The number of thiazole rings is 1. The summed E-state index contributed by atoms with van der Waals surface area (Å²) in [6, 6.07) is 0. The van der Waals surface area contributed by atoms with Gasteiger partial charge in [0, 0.05) is 25.8 Å². The van der Waals surface area contributed by atoms with Gasteiger partial charge in [-0.05, 0) is 12.8 Å². The molecule has 1 aromatic heterocycles. The Bertz CT molecular complexity index is 756. The van der Waals surface area contributed by atoms with E-state index in [1.165, 1.54) is 30.4 Å². The fourth-order valence-electron chi connectivity index (χ4n) is 3.08. The van der Waals surface area contributed by atoms with E-state index in [9.17, 15) is 19.2 Å².